The van der Waals surface area contributed by atoms with E-state index >= 15 is 0 Å². The Morgan fingerprint density at radius 1 is 0.964 bits per heavy atom. The molecule has 1 aliphatic heterocycles. The molecular weight excluding hydrogens is 362 g/mol. The predicted octanol–water partition coefficient (Wildman–Crippen LogP) is 2.34. The number of allylic oxidation sites excluding steroid dienone is 2. The van der Waals surface area contributed by atoms with E-state index < -0.39 is 17.8 Å². The van der Waals surface area contributed by atoms with Crippen molar-refractivity contribution in [2.24, 2.45) is 5.92 Å². The van der Waals surface area contributed by atoms with Gasteiger partial charge in [0.05, 0.1) is 30.6 Å². The molecule has 7 heteroatoms. The Morgan fingerprint density at radius 2 is 1.61 bits per heavy atom. The summed E-state index contributed by atoms with van der Waals surface area (Å²) < 4.78 is 5.27. The van der Waals surface area contributed by atoms with E-state index in [9.17, 15) is 24.0 Å². The van der Waals surface area contributed by atoms with Crippen LogP contribution < -0.4 is 0 Å². The Balaban J connectivity index is 1.39. The quantitative estimate of drug-likeness (QED) is 0.336. The summed E-state index contributed by atoms with van der Waals surface area (Å²) in [7, 11) is 0. The summed E-state index contributed by atoms with van der Waals surface area (Å²) >= 11 is 0. The Bertz CT molecular complexity index is 891. The summed E-state index contributed by atoms with van der Waals surface area (Å²) in [4.78, 5) is 61.8. The molecule has 0 fully saturated rings. The average molecular weight is 381 g/mol. The molecule has 0 saturated heterocycles. The van der Waals surface area contributed by atoms with E-state index in [0.717, 1.165) is 24.2 Å². The van der Waals surface area contributed by atoms with Crippen LogP contribution in [-0.4, -0.2) is 47.4 Å². The van der Waals surface area contributed by atoms with Gasteiger partial charge in [-0.25, -0.2) is 0 Å². The van der Waals surface area contributed by atoms with Crippen LogP contribution in [0.5, 0.6) is 0 Å². The van der Waals surface area contributed by atoms with Crippen LogP contribution in [0.1, 0.15) is 73.5 Å². The fraction of sp³-hybridized carbons (Fsp3) is 0.381. The van der Waals surface area contributed by atoms with Crippen molar-refractivity contribution in [3.63, 3.8) is 0 Å². The van der Waals surface area contributed by atoms with Crippen molar-refractivity contribution in [3.8, 4) is 0 Å². The van der Waals surface area contributed by atoms with Crippen LogP contribution in [0.4, 0.5) is 0 Å². The van der Waals surface area contributed by atoms with Gasteiger partial charge in [0, 0.05) is 17.7 Å². The number of Topliss-reactive ketones (excluding diaryl/α,β-unsaturated/α-hetero) is 2. The maximum Gasteiger partial charge on any atom is 0.307 e. The molecule has 28 heavy (non-hydrogen) atoms. The molecule has 1 unspecified atom stereocenters. The van der Waals surface area contributed by atoms with E-state index in [-0.39, 0.29) is 53.2 Å². The zero-order valence-electron chi connectivity index (χ0n) is 15.2. The van der Waals surface area contributed by atoms with Gasteiger partial charge < -0.3 is 4.74 Å². The largest absolute Gasteiger partial charge is 0.465 e. The molecule has 3 aliphatic rings. The van der Waals surface area contributed by atoms with Gasteiger partial charge in [-0.3, -0.25) is 28.9 Å². The highest BCUT2D eigenvalue weighted by Gasteiger charge is 2.39. The van der Waals surface area contributed by atoms with Crippen LogP contribution >= 0.6 is 0 Å². The van der Waals surface area contributed by atoms with Crippen molar-refractivity contribution >= 4 is 29.4 Å². The maximum atomic E-state index is 12.6. The minimum absolute atomic E-state index is 0.0917. The number of carbonyl (C=O) groups is 5. The zero-order valence-corrected chi connectivity index (χ0v) is 15.2. The summed E-state index contributed by atoms with van der Waals surface area (Å²) in [6.45, 7) is 0.241. The van der Waals surface area contributed by atoms with Crippen LogP contribution in [0, 0.1) is 5.92 Å². The highest BCUT2D eigenvalue weighted by molar-refractivity contribution is 6.28. The molecule has 0 spiro atoms. The molecule has 144 valence electrons. The number of amides is 2. The first-order valence-corrected chi connectivity index (χ1v) is 9.37. The van der Waals surface area contributed by atoms with Crippen LogP contribution in [0.15, 0.2) is 24.3 Å². The van der Waals surface area contributed by atoms with Crippen molar-refractivity contribution in [1.29, 1.82) is 0 Å². The summed E-state index contributed by atoms with van der Waals surface area (Å²) in [6.07, 6.45) is 6.70. The number of ketones is 2. The second kappa shape index (κ2) is 7.14. The van der Waals surface area contributed by atoms with Crippen LogP contribution in [0.2, 0.25) is 0 Å². The Kier molecular flexibility index (Phi) is 4.66. The predicted molar refractivity (Wildman–Crippen MR) is 97.1 cm³/mol. The van der Waals surface area contributed by atoms with Gasteiger partial charge in [-0.05, 0) is 37.3 Å². The molecule has 1 atom stereocenters. The lowest BCUT2D eigenvalue weighted by molar-refractivity contribution is -0.145. The fourth-order valence-electron chi connectivity index (χ4n) is 3.83. The van der Waals surface area contributed by atoms with Gasteiger partial charge in [-0.15, -0.1) is 0 Å². The van der Waals surface area contributed by atoms with Gasteiger partial charge in [-0.1, -0.05) is 12.2 Å². The number of hydrogen-bond acceptors (Lipinski definition) is 6. The lowest BCUT2D eigenvalue weighted by Gasteiger charge is -2.18. The number of fused-ring (bicyclic) bond motifs is 2. The lowest BCUT2D eigenvalue weighted by atomic mass is 9.95. The molecule has 1 aromatic rings. The second-order valence-electron chi connectivity index (χ2n) is 7.31. The summed E-state index contributed by atoms with van der Waals surface area (Å²) in [6, 6.07) is 2.65. The van der Waals surface area contributed by atoms with Crippen molar-refractivity contribution < 1.29 is 28.7 Å². The highest BCUT2D eigenvalue weighted by Crippen LogP contribution is 2.31. The maximum absolute atomic E-state index is 12.6. The topological polar surface area (TPSA) is 97.8 Å². The third-order valence-corrected chi connectivity index (χ3v) is 5.43. The fourth-order valence-corrected chi connectivity index (χ4v) is 3.83. The molecule has 0 bridgehead atoms. The molecular formula is C21H19NO6. The zero-order chi connectivity index (χ0) is 19.8. The number of imide groups is 1. The third-order valence-electron chi connectivity index (χ3n) is 5.43. The smallest absolute Gasteiger partial charge is 0.307 e. The molecule has 7 nitrogen and oxygen atoms in total. The van der Waals surface area contributed by atoms with Gasteiger partial charge in [0.1, 0.15) is 0 Å². The lowest BCUT2D eigenvalue weighted by Crippen LogP contribution is -2.32. The minimum atomic E-state index is -0.555. The normalized spacial score (nSPS) is 20.6. The summed E-state index contributed by atoms with van der Waals surface area (Å²) in [5, 5.41) is 0. The minimum Gasteiger partial charge on any atom is -0.465 e. The number of benzene rings is 1. The molecule has 0 aromatic heterocycles. The Morgan fingerprint density at radius 3 is 2.18 bits per heavy atom. The van der Waals surface area contributed by atoms with E-state index in [1.54, 1.807) is 0 Å². The molecule has 1 heterocycles. The van der Waals surface area contributed by atoms with E-state index in [1.165, 1.54) is 12.1 Å². The first-order valence-electron chi connectivity index (χ1n) is 9.37. The van der Waals surface area contributed by atoms with Gasteiger partial charge in [0.2, 0.25) is 0 Å². The third kappa shape index (κ3) is 3.17. The number of hydrogen-bond donors (Lipinski definition) is 0. The van der Waals surface area contributed by atoms with E-state index in [4.69, 9.17) is 4.74 Å². The first kappa shape index (κ1) is 18.3. The molecule has 0 N–H and O–H groups in total. The van der Waals surface area contributed by atoms with Gasteiger partial charge >= 0.3 is 5.97 Å². The van der Waals surface area contributed by atoms with Crippen molar-refractivity contribution in [2.45, 2.75) is 32.1 Å². The monoisotopic (exact) mass is 381 g/mol. The summed E-state index contributed by atoms with van der Waals surface area (Å²) in [5.41, 5.74) is 0.587. The van der Waals surface area contributed by atoms with Crippen molar-refractivity contribution in [1.82, 2.24) is 4.90 Å². The van der Waals surface area contributed by atoms with E-state index in [2.05, 4.69) is 12.2 Å². The molecule has 1 aromatic carbocycles. The van der Waals surface area contributed by atoms with E-state index in [0.29, 0.717) is 12.5 Å². The Labute approximate surface area is 161 Å². The number of nitrogens with zero attached hydrogens (tertiary/aromatic N) is 1. The molecule has 2 amide bonds. The molecule has 2 aliphatic carbocycles. The van der Waals surface area contributed by atoms with Gasteiger partial charge in [0.15, 0.2) is 11.6 Å². The van der Waals surface area contributed by atoms with Gasteiger partial charge in [-0.2, -0.15) is 0 Å². The van der Waals surface area contributed by atoms with Gasteiger partial charge in [0.25, 0.3) is 11.8 Å². The van der Waals surface area contributed by atoms with Crippen LogP contribution in [0.25, 0.3) is 0 Å². The SMILES string of the molecule is O=C(CCN1C(=O)c2cc3c(cc2C1=O)C(=O)CC3=O)OCC1CC=CCC1. The average Bonchev–Trinajstić information content (AvgIpc) is 3.11. The van der Waals surface area contributed by atoms with Crippen LogP contribution in [0.3, 0.4) is 0 Å². The van der Waals surface area contributed by atoms with E-state index in [1.807, 2.05) is 0 Å². The van der Waals surface area contributed by atoms with Crippen molar-refractivity contribution in [3.05, 3.63) is 46.5 Å². The highest BCUT2D eigenvalue weighted by atomic mass is 16.5. The molecule has 0 radical (unpaired) electrons. The standard InChI is InChI=1S/C21H19NO6/c23-17-10-18(24)14-9-16-15(8-13(14)17)20(26)22(21(16)27)7-6-19(25)28-11-12-4-2-1-3-5-12/h1-2,8-9,12H,3-7,10-11H2. The number of esters is 1. The second-order valence-corrected chi connectivity index (χ2v) is 7.31. The molecule has 4 rings (SSSR count). The first-order chi connectivity index (χ1) is 13.5. The number of rotatable bonds is 5. The number of ether oxygens (including phenoxy) is 1. The van der Waals surface area contributed by atoms with Crippen molar-refractivity contribution in [2.75, 3.05) is 13.2 Å². The Hall–Kier alpha value is -3.09. The molecule has 0 saturated carbocycles. The summed E-state index contributed by atoms with van der Waals surface area (Å²) in [5.74, 6) is -1.95. The van der Waals surface area contributed by atoms with Crippen LogP contribution in [-0.2, 0) is 9.53 Å². The number of carbonyl (C=O) groups excluding carboxylic acids is 5.